The molecule has 0 unspecified atom stereocenters. The fraction of sp³-hybridized carbons (Fsp3) is 0.524. The minimum absolute atomic E-state index is 0.142. The number of hydrogen-bond acceptors (Lipinski definition) is 4. The summed E-state index contributed by atoms with van der Waals surface area (Å²) in [6, 6.07) is 4.79. The van der Waals surface area contributed by atoms with Crippen LogP contribution in [0.15, 0.2) is 23.6 Å². The van der Waals surface area contributed by atoms with Crippen molar-refractivity contribution >= 4 is 22.4 Å². The van der Waals surface area contributed by atoms with Crippen LogP contribution >= 0.6 is 11.3 Å². The van der Waals surface area contributed by atoms with Gasteiger partial charge in [0.2, 0.25) is 5.91 Å². The number of benzene rings is 1. The van der Waals surface area contributed by atoms with E-state index in [9.17, 15) is 9.18 Å². The molecule has 1 N–H and O–H groups in total. The minimum Gasteiger partial charge on any atom is -0.494 e. The molecule has 4 aliphatic rings. The highest BCUT2D eigenvalue weighted by Gasteiger charge is 2.54. The van der Waals surface area contributed by atoms with Gasteiger partial charge in [-0.15, -0.1) is 11.3 Å². The van der Waals surface area contributed by atoms with Gasteiger partial charge in [0.05, 0.1) is 18.2 Å². The van der Waals surface area contributed by atoms with Crippen LogP contribution in [-0.4, -0.2) is 18.0 Å². The minimum atomic E-state index is -0.415. The zero-order valence-corrected chi connectivity index (χ0v) is 16.2. The Hall–Kier alpha value is -1.95. The van der Waals surface area contributed by atoms with E-state index < -0.39 is 5.82 Å². The summed E-state index contributed by atoms with van der Waals surface area (Å²) in [6.45, 7) is 0. The van der Waals surface area contributed by atoms with Gasteiger partial charge in [-0.05, 0) is 74.5 Å². The van der Waals surface area contributed by atoms with Crippen molar-refractivity contribution in [2.45, 2.75) is 38.5 Å². The highest BCUT2D eigenvalue weighted by molar-refractivity contribution is 7.14. The third-order valence-electron chi connectivity index (χ3n) is 6.69. The number of amides is 1. The van der Waals surface area contributed by atoms with E-state index in [2.05, 4.69) is 10.3 Å². The van der Waals surface area contributed by atoms with Crippen molar-refractivity contribution in [3.05, 3.63) is 29.4 Å². The number of thiazole rings is 1. The van der Waals surface area contributed by atoms with E-state index in [1.54, 1.807) is 12.1 Å². The van der Waals surface area contributed by atoms with Crippen molar-refractivity contribution in [1.29, 1.82) is 0 Å². The normalized spacial score (nSPS) is 31.1. The maximum atomic E-state index is 14.0. The number of carbonyl (C=O) groups is 1. The number of nitrogens with one attached hydrogen (secondary N) is 1. The van der Waals surface area contributed by atoms with Crippen molar-refractivity contribution in [3.8, 4) is 17.0 Å². The van der Waals surface area contributed by atoms with Crippen LogP contribution in [0.4, 0.5) is 9.52 Å². The molecule has 4 fully saturated rings. The lowest BCUT2D eigenvalue weighted by Crippen LogP contribution is -2.51. The quantitative estimate of drug-likeness (QED) is 0.794. The summed E-state index contributed by atoms with van der Waals surface area (Å²) in [5.41, 5.74) is 1.16. The predicted molar refractivity (Wildman–Crippen MR) is 103 cm³/mol. The molecule has 4 nitrogen and oxygen atoms in total. The van der Waals surface area contributed by atoms with Gasteiger partial charge in [0.25, 0.3) is 0 Å². The number of carbonyl (C=O) groups excluding carboxylic acids is 1. The zero-order valence-electron chi connectivity index (χ0n) is 15.3. The zero-order chi connectivity index (χ0) is 18.6. The third-order valence-corrected chi connectivity index (χ3v) is 7.45. The molecule has 0 spiro atoms. The average molecular weight is 386 g/mol. The van der Waals surface area contributed by atoms with Crippen LogP contribution in [0.5, 0.6) is 5.75 Å². The van der Waals surface area contributed by atoms with Crippen LogP contribution in [0.25, 0.3) is 11.3 Å². The van der Waals surface area contributed by atoms with Crippen LogP contribution in [-0.2, 0) is 4.79 Å². The van der Waals surface area contributed by atoms with Crippen LogP contribution in [0, 0.1) is 29.0 Å². The Bertz CT molecular complexity index is 859. The second kappa shape index (κ2) is 6.30. The second-order valence-electron chi connectivity index (χ2n) is 8.54. The first-order valence-corrected chi connectivity index (χ1v) is 10.5. The van der Waals surface area contributed by atoms with Crippen molar-refractivity contribution in [2.24, 2.45) is 23.2 Å². The summed E-state index contributed by atoms with van der Waals surface area (Å²) in [7, 11) is 1.44. The molecule has 4 aliphatic carbocycles. The molecule has 0 aliphatic heterocycles. The number of nitrogens with zero attached hydrogens (tertiary/aromatic N) is 1. The lowest BCUT2D eigenvalue weighted by atomic mass is 9.49. The summed E-state index contributed by atoms with van der Waals surface area (Å²) in [5, 5.41) is 5.53. The van der Waals surface area contributed by atoms with Gasteiger partial charge in [-0.3, -0.25) is 4.79 Å². The van der Waals surface area contributed by atoms with Crippen LogP contribution in [0.1, 0.15) is 38.5 Å². The molecule has 1 aromatic carbocycles. The number of aromatic nitrogens is 1. The van der Waals surface area contributed by atoms with Crippen molar-refractivity contribution in [3.63, 3.8) is 0 Å². The molecule has 1 heterocycles. The van der Waals surface area contributed by atoms with E-state index in [0.29, 0.717) is 16.4 Å². The Balaban J connectivity index is 1.34. The molecular formula is C21H23FN2O2S. The van der Waals surface area contributed by atoms with E-state index >= 15 is 0 Å². The van der Waals surface area contributed by atoms with Gasteiger partial charge < -0.3 is 10.1 Å². The molecule has 4 saturated carbocycles. The Morgan fingerprint density at radius 3 is 2.48 bits per heavy atom. The third kappa shape index (κ3) is 2.94. The first-order valence-electron chi connectivity index (χ1n) is 9.65. The molecule has 2 aromatic rings. The van der Waals surface area contributed by atoms with Gasteiger partial charge in [-0.2, -0.15) is 0 Å². The standard InChI is InChI=1S/C21H23FN2O2S/c1-26-18-3-2-15(7-16(18)22)17-11-27-20(23-17)24-19(25)21-8-12-4-13(9-21)6-14(5-12)10-21/h2-3,7,11-14H,4-6,8-10H2,1H3,(H,23,24,25). The average Bonchev–Trinajstić information content (AvgIpc) is 3.09. The monoisotopic (exact) mass is 386 g/mol. The summed E-state index contributed by atoms with van der Waals surface area (Å²) in [4.78, 5) is 17.7. The maximum Gasteiger partial charge on any atom is 0.232 e. The van der Waals surface area contributed by atoms with E-state index in [-0.39, 0.29) is 17.1 Å². The van der Waals surface area contributed by atoms with Crippen molar-refractivity contribution < 1.29 is 13.9 Å². The van der Waals surface area contributed by atoms with Gasteiger partial charge in [-0.1, -0.05) is 0 Å². The topological polar surface area (TPSA) is 51.2 Å². The SMILES string of the molecule is COc1ccc(-c2csc(NC(=O)C34CC5CC(CC(C5)C3)C4)n2)cc1F. The van der Waals surface area contributed by atoms with Crippen molar-refractivity contribution in [2.75, 3.05) is 12.4 Å². The Kier molecular flexibility index (Phi) is 4.00. The predicted octanol–water partition coefficient (Wildman–Crippen LogP) is 5.11. The van der Waals surface area contributed by atoms with Gasteiger partial charge in [-0.25, -0.2) is 9.37 Å². The van der Waals surface area contributed by atoms with Gasteiger partial charge in [0.15, 0.2) is 16.7 Å². The molecule has 6 heteroatoms. The summed E-state index contributed by atoms with van der Waals surface area (Å²) in [6.07, 6.45) is 7.05. The fourth-order valence-corrected chi connectivity index (χ4v) is 6.62. The molecule has 0 saturated heterocycles. The van der Waals surface area contributed by atoms with Gasteiger partial charge in [0, 0.05) is 10.9 Å². The molecule has 0 atom stereocenters. The van der Waals surface area contributed by atoms with Crippen LogP contribution in [0.2, 0.25) is 0 Å². The van der Waals surface area contributed by atoms with Crippen molar-refractivity contribution in [1.82, 2.24) is 4.98 Å². The van der Waals surface area contributed by atoms with Crippen LogP contribution in [0.3, 0.4) is 0 Å². The van der Waals surface area contributed by atoms with E-state index in [0.717, 1.165) is 37.0 Å². The Labute approximate surface area is 162 Å². The lowest BCUT2D eigenvalue weighted by molar-refractivity contribution is -0.140. The van der Waals surface area contributed by atoms with E-state index in [1.807, 2.05) is 5.38 Å². The first kappa shape index (κ1) is 17.2. The smallest absolute Gasteiger partial charge is 0.232 e. The molecule has 1 aromatic heterocycles. The number of ether oxygens (including phenoxy) is 1. The number of methoxy groups -OCH3 is 1. The molecular weight excluding hydrogens is 363 g/mol. The Morgan fingerprint density at radius 2 is 1.89 bits per heavy atom. The van der Waals surface area contributed by atoms with E-state index in [1.165, 1.54) is 43.8 Å². The molecule has 1 amide bonds. The summed E-state index contributed by atoms with van der Waals surface area (Å²) >= 11 is 1.40. The highest BCUT2D eigenvalue weighted by atomic mass is 32.1. The number of anilines is 1. The van der Waals surface area contributed by atoms with E-state index in [4.69, 9.17) is 4.74 Å². The summed E-state index contributed by atoms with van der Waals surface area (Å²) < 4.78 is 18.9. The van der Waals surface area contributed by atoms with Gasteiger partial charge >= 0.3 is 0 Å². The summed E-state index contributed by atoms with van der Waals surface area (Å²) in [5.74, 6) is 2.14. The molecule has 4 bridgehead atoms. The Morgan fingerprint density at radius 1 is 1.22 bits per heavy atom. The number of halogens is 1. The fourth-order valence-electron chi connectivity index (χ4n) is 5.91. The molecule has 142 valence electrons. The lowest BCUT2D eigenvalue weighted by Gasteiger charge is -2.55. The van der Waals surface area contributed by atoms with Gasteiger partial charge in [0.1, 0.15) is 0 Å². The molecule has 0 radical (unpaired) electrons. The molecule has 6 rings (SSSR count). The first-order chi connectivity index (χ1) is 13.0. The number of rotatable bonds is 4. The highest BCUT2D eigenvalue weighted by Crippen LogP contribution is 2.60. The molecule has 27 heavy (non-hydrogen) atoms. The second-order valence-corrected chi connectivity index (χ2v) is 9.40. The maximum absolute atomic E-state index is 14.0. The van der Waals surface area contributed by atoms with Crippen LogP contribution < -0.4 is 10.1 Å². The largest absolute Gasteiger partial charge is 0.494 e. The number of hydrogen-bond donors (Lipinski definition) is 1.